The molecule has 1 aromatic carbocycles. The number of nitrogens with one attached hydrogen (secondary N) is 1. The normalized spacial score (nSPS) is 18.9. The standard InChI is InChI=1S/C23H22FN5O/c1-15-10-16(14-29(15)23(30)17-2-4-19(24)5-3-17)13-28-9-8-21-22(28)7-6-20(27-21)18-11-25-26-12-18/h2-9,11-12,15-16H,10,13-14H2,1H3,(H,25,26)/t15-,16?/m1/s1. The summed E-state index contributed by atoms with van der Waals surface area (Å²) < 4.78 is 15.4. The van der Waals surface area contributed by atoms with Gasteiger partial charge in [-0.2, -0.15) is 5.10 Å². The molecule has 0 radical (unpaired) electrons. The SMILES string of the molecule is C[C@@H]1CC(Cn2ccc3nc(-c4cn[nH]c4)ccc32)CN1C(=O)c1ccc(F)cc1. The monoisotopic (exact) mass is 403 g/mol. The second-order valence-corrected chi connectivity index (χ2v) is 7.97. The Bertz CT molecular complexity index is 1180. The number of benzene rings is 1. The molecule has 30 heavy (non-hydrogen) atoms. The number of carbonyl (C=O) groups excluding carboxylic acids is 1. The Morgan fingerprint density at radius 1 is 1.20 bits per heavy atom. The van der Waals surface area contributed by atoms with Gasteiger partial charge in [-0.05, 0) is 61.7 Å². The van der Waals surface area contributed by atoms with Crippen LogP contribution in [0.15, 0.2) is 61.1 Å². The number of nitrogens with zero attached hydrogens (tertiary/aromatic N) is 4. The molecule has 0 aliphatic carbocycles. The van der Waals surface area contributed by atoms with Gasteiger partial charge in [0.2, 0.25) is 0 Å². The van der Waals surface area contributed by atoms with Crippen molar-refractivity contribution in [3.05, 3.63) is 72.4 Å². The van der Waals surface area contributed by atoms with Gasteiger partial charge in [-0.1, -0.05) is 0 Å². The van der Waals surface area contributed by atoms with Gasteiger partial charge >= 0.3 is 0 Å². The molecule has 2 atom stereocenters. The molecule has 3 aromatic heterocycles. The molecule has 0 saturated carbocycles. The number of fused-ring (bicyclic) bond motifs is 1. The number of amides is 1. The fraction of sp³-hybridized carbons (Fsp3) is 0.261. The maximum absolute atomic E-state index is 13.2. The highest BCUT2D eigenvalue weighted by Gasteiger charge is 2.33. The van der Waals surface area contributed by atoms with Gasteiger partial charge < -0.3 is 9.47 Å². The average Bonchev–Trinajstić information content (AvgIpc) is 3.49. The molecular formula is C23H22FN5O. The minimum Gasteiger partial charge on any atom is -0.346 e. The molecule has 4 aromatic rings. The first-order valence-electron chi connectivity index (χ1n) is 10.1. The number of pyridine rings is 1. The quantitative estimate of drug-likeness (QED) is 0.557. The van der Waals surface area contributed by atoms with Crippen LogP contribution in [0.25, 0.3) is 22.3 Å². The van der Waals surface area contributed by atoms with Crippen molar-refractivity contribution in [2.24, 2.45) is 5.92 Å². The van der Waals surface area contributed by atoms with Crippen LogP contribution in [0.5, 0.6) is 0 Å². The van der Waals surface area contributed by atoms with Crippen molar-refractivity contribution < 1.29 is 9.18 Å². The van der Waals surface area contributed by atoms with E-state index in [0.29, 0.717) is 18.0 Å². The van der Waals surface area contributed by atoms with E-state index in [-0.39, 0.29) is 17.8 Å². The first-order valence-corrected chi connectivity index (χ1v) is 10.1. The average molecular weight is 403 g/mol. The molecule has 1 aliphatic heterocycles. The molecule has 5 rings (SSSR count). The van der Waals surface area contributed by atoms with E-state index in [9.17, 15) is 9.18 Å². The molecule has 1 N–H and O–H groups in total. The van der Waals surface area contributed by atoms with Crippen LogP contribution in [0.4, 0.5) is 4.39 Å². The summed E-state index contributed by atoms with van der Waals surface area (Å²) in [4.78, 5) is 19.5. The molecule has 0 spiro atoms. The summed E-state index contributed by atoms with van der Waals surface area (Å²) in [6.07, 6.45) is 6.59. The Balaban J connectivity index is 1.32. The van der Waals surface area contributed by atoms with Crippen LogP contribution < -0.4 is 0 Å². The Morgan fingerprint density at radius 3 is 2.80 bits per heavy atom. The lowest BCUT2D eigenvalue weighted by Crippen LogP contribution is -2.34. The molecule has 152 valence electrons. The largest absolute Gasteiger partial charge is 0.346 e. The summed E-state index contributed by atoms with van der Waals surface area (Å²) in [7, 11) is 0. The smallest absolute Gasteiger partial charge is 0.254 e. The molecule has 1 unspecified atom stereocenters. The first kappa shape index (κ1) is 18.5. The molecule has 6 nitrogen and oxygen atoms in total. The number of hydrogen-bond donors (Lipinski definition) is 1. The van der Waals surface area contributed by atoms with Crippen LogP contribution in [0.2, 0.25) is 0 Å². The molecule has 1 fully saturated rings. The van der Waals surface area contributed by atoms with Gasteiger partial charge in [0.05, 0.1) is 22.9 Å². The van der Waals surface area contributed by atoms with E-state index in [2.05, 4.69) is 34.0 Å². The van der Waals surface area contributed by atoms with Crippen molar-refractivity contribution >= 4 is 16.9 Å². The van der Waals surface area contributed by atoms with Crippen molar-refractivity contribution in [1.82, 2.24) is 24.6 Å². The van der Waals surface area contributed by atoms with Gasteiger partial charge in [0.15, 0.2) is 0 Å². The van der Waals surface area contributed by atoms with Crippen molar-refractivity contribution in [3.63, 3.8) is 0 Å². The Hall–Kier alpha value is -3.48. The number of likely N-dealkylation sites (tertiary alicyclic amines) is 1. The molecule has 1 saturated heterocycles. The number of halogens is 1. The number of hydrogen-bond acceptors (Lipinski definition) is 3. The van der Waals surface area contributed by atoms with E-state index in [0.717, 1.165) is 35.3 Å². The summed E-state index contributed by atoms with van der Waals surface area (Å²) in [5, 5.41) is 6.80. The van der Waals surface area contributed by atoms with Crippen LogP contribution >= 0.6 is 0 Å². The Morgan fingerprint density at radius 2 is 2.03 bits per heavy atom. The Kier molecular flexibility index (Phi) is 4.58. The predicted molar refractivity (Wildman–Crippen MR) is 112 cm³/mol. The topological polar surface area (TPSA) is 66.8 Å². The molecule has 7 heteroatoms. The summed E-state index contributed by atoms with van der Waals surface area (Å²) in [5.41, 5.74) is 4.41. The second kappa shape index (κ2) is 7.40. The van der Waals surface area contributed by atoms with Gasteiger partial charge in [0, 0.05) is 42.7 Å². The van der Waals surface area contributed by atoms with E-state index in [1.807, 2.05) is 23.2 Å². The van der Waals surface area contributed by atoms with Gasteiger partial charge in [-0.25, -0.2) is 9.37 Å². The van der Waals surface area contributed by atoms with E-state index in [1.54, 1.807) is 18.3 Å². The molecule has 0 bridgehead atoms. The van der Waals surface area contributed by atoms with Gasteiger partial charge in [-0.15, -0.1) is 0 Å². The highest BCUT2D eigenvalue weighted by Crippen LogP contribution is 2.28. The second-order valence-electron chi connectivity index (χ2n) is 7.97. The fourth-order valence-corrected chi connectivity index (χ4v) is 4.38. The highest BCUT2D eigenvalue weighted by atomic mass is 19.1. The molecular weight excluding hydrogens is 381 g/mol. The minimum absolute atomic E-state index is 0.0335. The lowest BCUT2D eigenvalue weighted by molar-refractivity contribution is 0.0742. The number of H-pyrrole nitrogens is 1. The van der Waals surface area contributed by atoms with Crippen molar-refractivity contribution in [2.45, 2.75) is 25.9 Å². The number of aromatic nitrogens is 4. The molecule has 1 amide bonds. The maximum atomic E-state index is 13.2. The van der Waals surface area contributed by atoms with E-state index < -0.39 is 0 Å². The number of carbonyl (C=O) groups is 1. The van der Waals surface area contributed by atoms with Gasteiger partial charge in [0.25, 0.3) is 5.91 Å². The van der Waals surface area contributed by atoms with Gasteiger partial charge in [0.1, 0.15) is 5.82 Å². The van der Waals surface area contributed by atoms with Crippen molar-refractivity contribution in [1.29, 1.82) is 0 Å². The molecule has 4 heterocycles. The fourth-order valence-electron chi connectivity index (χ4n) is 4.38. The Labute approximate surface area is 173 Å². The third-order valence-corrected chi connectivity index (χ3v) is 5.89. The van der Waals surface area contributed by atoms with Crippen LogP contribution in [0.1, 0.15) is 23.7 Å². The lowest BCUT2D eigenvalue weighted by atomic mass is 10.1. The number of rotatable bonds is 4. The van der Waals surface area contributed by atoms with E-state index >= 15 is 0 Å². The van der Waals surface area contributed by atoms with E-state index in [4.69, 9.17) is 4.98 Å². The predicted octanol–water partition coefficient (Wildman–Crippen LogP) is 4.12. The molecule has 1 aliphatic rings. The van der Waals surface area contributed by atoms with Crippen molar-refractivity contribution in [2.75, 3.05) is 6.54 Å². The lowest BCUT2D eigenvalue weighted by Gasteiger charge is -2.21. The summed E-state index contributed by atoms with van der Waals surface area (Å²) in [6.45, 7) is 3.60. The zero-order valence-electron chi connectivity index (χ0n) is 16.6. The van der Waals surface area contributed by atoms with Crippen molar-refractivity contribution in [3.8, 4) is 11.3 Å². The summed E-state index contributed by atoms with van der Waals surface area (Å²) in [5.74, 6) is -0.00903. The summed E-state index contributed by atoms with van der Waals surface area (Å²) in [6, 6.07) is 12.1. The van der Waals surface area contributed by atoms with Crippen LogP contribution in [-0.2, 0) is 6.54 Å². The maximum Gasteiger partial charge on any atom is 0.254 e. The highest BCUT2D eigenvalue weighted by molar-refractivity contribution is 5.94. The van der Waals surface area contributed by atoms with Crippen LogP contribution in [-0.4, -0.2) is 43.1 Å². The third kappa shape index (κ3) is 3.36. The number of aromatic amines is 1. The first-order chi connectivity index (χ1) is 14.6. The van der Waals surface area contributed by atoms with E-state index in [1.165, 1.54) is 12.1 Å². The van der Waals surface area contributed by atoms with Crippen LogP contribution in [0.3, 0.4) is 0 Å². The zero-order valence-corrected chi connectivity index (χ0v) is 16.6. The van der Waals surface area contributed by atoms with Gasteiger partial charge in [-0.3, -0.25) is 9.89 Å². The zero-order chi connectivity index (χ0) is 20.7. The van der Waals surface area contributed by atoms with Crippen LogP contribution in [0, 0.1) is 11.7 Å². The summed E-state index contributed by atoms with van der Waals surface area (Å²) >= 11 is 0. The minimum atomic E-state index is -0.331. The third-order valence-electron chi connectivity index (χ3n) is 5.89.